The van der Waals surface area contributed by atoms with E-state index in [4.69, 9.17) is 9.47 Å². The van der Waals surface area contributed by atoms with Crippen molar-refractivity contribution in [3.63, 3.8) is 0 Å². The Bertz CT molecular complexity index is 399. The van der Waals surface area contributed by atoms with E-state index in [9.17, 15) is 0 Å². The Kier molecular flexibility index (Phi) is 10.3. The van der Waals surface area contributed by atoms with Crippen LogP contribution in [0.3, 0.4) is 0 Å². The predicted molar refractivity (Wildman–Crippen MR) is 108 cm³/mol. The van der Waals surface area contributed by atoms with Crippen LogP contribution in [-0.4, -0.2) is 89.0 Å². The molecule has 0 spiro atoms. The van der Waals surface area contributed by atoms with E-state index < -0.39 is 0 Å². The van der Waals surface area contributed by atoms with E-state index in [0.717, 1.165) is 38.2 Å². The summed E-state index contributed by atoms with van der Waals surface area (Å²) in [5, 5.41) is 3.56. The monoisotopic (exact) mass is 368 g/mol. The molecule has 2 rings (SSSR count). The highest BCUT2D eigenvalue weighted by Crippen LogP contribution is 2.21. The first-order valence-corrected chi connectivity index (χ1v) is 10.5. The normalized spacial score (nSPS) is 22.4. The highest BCUT2D eigenvalue weighted by molar-refractivity contribution is 5.80. The van der Waals surface area contributed by atoms with E-state index in [-0.39, 0.29) is 0 Å². The zero-order valence-corrected chi connectivity index (χ0v) is 17.2. The zero-order chi connectivity index (χ0) is 18.6. The number of likely N-dealkylation sites (tertiary alicyclic amines) is 1. The molecule has 0 aromatic heterocycles. The van der Waals surface area contributed by atoms with E-state index >= 15 is 0 Å². The van der Waals surface area contributed by atoms with Gasteiger partial charge < -0.3 is 24.6 Å². The Labute approximate surface area is 160 Å². The van der Waals surface area contributed by atoms with Crippen molar-refractivity contribution in [2.45, 2.75) is 51.0 Å². The van der Waals surface area contributed by atoms with Crippen molar-refractivity contribution >= 4 is 5.96 Å². The summed E-state index contributed by atoms with van der Waals surface area (Å²) in [6.45, 7) is 6.46. The summed E-state index contributed by atoms with van der Waals surface area (Å²) >= 11 is 0. The van der Waals surface area contributed by atoms with Crippen LogP contribution in [0.2, 0.25) is 0 Å². The fourth-order valence-electron chi connectivity index (χ4n) is 4.12. The molecule has 6 heteroatoms. The summed E-state index contributed by atoms with van der Waals surface area (Å²) in [5.41, 5.74) is 0. The van der Waals surface area contributed by atoms with Gasteiger partial charge in [-0.3, -0.25) is 4.99 Å². The van der Waals surface area contributed by atoms with Gasteiger partial charge in [0.1, 0.15) is 0 Å². The molecule has 6 nitrogen and oxygen atoms in total. The molecule has 1 saturated carbocycles. The SMILES string of the molecule is CN=C(NCCCN(C)C1CCCCC1)N1CCC(COCCOC)C1. The molecule has 0 aromatic rings. The van der Waals surface area contributed by atoms with Crippen molar-refractivity contribution in [1.82, 2.24) is 15.1 Å². The predicted octanol–water partition coefficient (Wildman–Crippen LogP) is 2.20. The summed E-state index contributed by atoms with van der Waals surface area (Å²) in [6, 6.07) is 0.806. The van der Waals surface area contributed by atoms with Gasteiger partial charge in [-0.2, -0.15) is 0 Å². The number of methoxy groups -OCH3 is 1. The van der Waals surface area contributed by atoms with Crippen molar-refractivity contribution in [3.05, 3.63) is 0 Å². The Hall–Kier alpha value is -0.850. The van der Waals surface area contributed by atoms with Gasteiger partial charge in [0, 0.05) is 45.8 Å². The maximum atomic E-state index is 5.68. The first-order valence-electron chi connectivity index (χ1n) is 10.5. The topological polar surface area (TPSA) is 49.3 Å². The summed E-state index contributed by atoms with van der Waals surface area (Å²) in [4.78, 5) is 9.41. The van der Waals surface area contributed by atoms with Crippen LogP contribution in [0.5, 0.6) is 0 Å². The maximum Gasteiger partial charge on any atom is 0.193 e. The molecule has 1 unspecified atom stereocenters. The average Bonchev–Trinajstić information content (AvgIpc) is 3.14. The van der Waals surface area contributed by atoms with Gasteiger partial charge in [-0.1, -0.05) is 19.3 Å². The minimum absolute atomic E-state index is 0.600. The van der Waals surface area contributed by atoms with Crippen LogP contribution in [0.25, 0.3) is 0 Å². The number of hydrogen-bond acceptors (Lipinski definition) is 4. The highest BCUT2D eigenvalue weighted by Gasteiger charge is 2.25. The van der Waals surface area contributed by atoms with Crippen molar-refractivity contribution in [2.75, 3.05) is 67.2 Å². The molecule has 26 heavy (non-hydrogen) atoms. The molecule has 1 aliphatic carbocycles. The van der Waals surface area contributed by atoms with Crippen LogP contribution >= 0.6 is 0 Å². The lowest BCUT2D eigenvalue weighted by Gasteiger charge is -2.31. The summed E-state index contributed by atoms with van der Waals surface area (Å²) in [6.07, 6.45) is 9.36. The van der Waals surface area contributed by atoms with Gasteiger partial charge in [-0.15, -0.1) is 0 Å². The smallest absolute Gasteiger partial charge is 0.193 e. The van der Waals surface area contributed by atoms with Gasteiger partial charge in [0.25, 0.3) is 0 Å². The molecule has 0 amide bonds. The van der Waals surface area contributed by atoms with Crippen LogP contribution in [0, 0.1) is 5.92 Å². The quantitative estimate of drug-likeness (QED) is 0.364. The van der Waals surface area contributed by atoms with Crippen LogP contribution in [0.4, 0.5) is 0 Å². The second kappa shape index (κ2) is 12.5. The van der Waals surface area contributed by atoms with Crippen molar-refractivity contribution in [2.24, 2.45) is 10.9 Å². The lowest BCUT2D eigenvalue weighted by atomic mass is 9.94. The molecule has 2 aliphatic rings. The zero-order valence-electron chi connectivity index (χ0n) is 17.2. The summed E-state index contributed by atoms with van der Waals surface area (Å²) < 4.78 is 10.7. The Morgan fingerprint density at radius 1 is 1.19 bits per heavy atom. The van der Waals surface area contributed by atoms with Gasteiger partial charge in [-0.25, -0.2) is 0 Å². The molecule has 1 heterocycles. The molecule has 152 valence electrons. The number of rotatable bonds is 10. The van der Waals surface area contributed by atoms with E-state index in [2.05, 4.69) is 27.2 Å². The molecule has 2 fully saturated rings. The molecule has 1 aliphatic heterocycles. The first kappa shape index (κ1) is 21.5. The van der Waals surface area contributed by atoms with Gasteiger partial charge in [0.05, 0.1) is 19.8 Å². The summed E-state index contributed by atoms with van der Waals surface area (Å²) in [7, 11) is 5.89. The van der Waals surface area contributed by atoms with E-state index in [1.54, 1.807) is 7.11 Å². The number of aliphatic imine (C=N–C) groups is 1. The largest absolute Gasteiger partial charge is 0.382 e. The number of hydrogen-bond donors (Lipinski definition) is 1. The number of nitrogens with one attached hydrogen (secondary N) is 1. The van der Waals surface area contributed by atoms with Gasteiger partial charge >= 0.3 is 0 Å². The van der Waals surface area contributed by atoms with Gasteiger partial charge in [0.2, 0.25) is 0 Å². The second-order valence-corrected chi connectivity index (χ2v) is 7.77. The highest BCUT2D eigenvalue weighted by atomic mass is 16.5. The molecule has 0 aromatic carbocycles. The standard InChI is InChI=1S/C20H40N4O2/c1-21-20(24-13-10-18(16-24)17-26-15-14-25-3)22-11-7-12-23(2)19-8-5-4-6-9-19/h18-19H,4-17H2,1-3H3,(H,21,22). The van der Waals surface area contributed by atoms with E-state index in [1.807, 2.05) is 7.05 Å². The number of ether oxygens (including phenoxy) is 2. The van der Waals surface area contributed by atoms with Crippen LogP contribution in [0.1, 0.15) is 44.9 Å². The fraction of sp³-hybridized carbons (Fsp3) is 0.950. The van der Waals surface area contributed by atoms with E-state index in [1.165, 1.54) is 51.5 Å². The van der Waals surface area contributed by atoms with Crippen LogP contribution in [0.15, 0.2) is 4.99 Å². The van der Waals surface area contributed by atoms with E-state index in [0.29, 0.717) is 19.1 Å². The Morgan fingerprint density at radius 3 is 2.73 bits per heavy atom. The number of nitrogens with zero attached hydrogens (tertiary/aromatic N) is 3. The second-order valence-electron chi connectivity index (χ2n) is 7.77. The third kappa shape index (κ3) is 7.41. The van der Waals surface area contributed by atoms with Crippen molar-refractivity contribution < 1.29 is 9.47 Å². The van der Waals surface area contributed by atoms with Crippen molar-refractivity contribution in [3.8, 4) is 0 Å². The summed E-state index contributed by atoms with van der Waals surface area (Å²) in [5.74, 6) is 1.65. The fourth-order valence-corrected chi connectivity index (χ4v) is 4.12. The molecular weight excluding hydrogens is 328 g/mol. The van der Waals surface area contributed by atoms with Gasteiger partial charge in [0.15, 0.2) is 5.96 Å². The molecular formula is C20H40N4O2. The van der Waals surface area contributed by atoms with Gasteiger partial charge in [-0.05, 0) is 39.3 Å². The molecule has 1 atom stereocenters. The lowest BCUT2D eigenvalue weighted by Crippen LogP contribution is -2.41. The molecule has 1 saturated heterocycles. The third-order valence-electron chi connectivity index (χ3n) is 5.75. The minimum Gasteiger partial charge on any atom is -0.382 e. The first-order chi connectivity index (χ1) is 12.7. The Morgan fingerprint density at radius 2 is 2.00 bits per heavy atom. The molecule has 1 N–H and O–H groups in total. The minimum atomic E-state index is 0.600. The lowest BCUT2D eigenvalue weighted by molar-refractivity contribution is 0.0536. The van der Waals surface area contributed by atoms with Crippen molar-refractivity contribution in [1.29, 1.82) is 0 Å². The van der Waals surface area contributed by atoms with Crippen LogP contribution in [-0.2, 0) is 9.47 Å². The Balaban J connectivity index is 1.59. The molecule has 0 bridgehead atoms. The number of guanidine groups is 1. The third-order valence-corrected chi connectivity index (χ3v) is 5.75. The van der Waals surface area contributed by atoms with Crippen LogP contribution < -0.4 is 5.32 Å². The maximum absolute atomic E-state index is 5.68. The average molecular weight is 369 g/mol. The molecule has 0 radical (unpaired) electrons.